The minimum Gasteiger partial charge on any atom is -0.508 e. The van der Waals surface area contributed by atoms with E-state index in [4.69, 9.17) is 0 Å². The van der Waals surface area contributed by atoms with Crippen molar-refractivity contribution in [2.75, 3.05) is 5.32 Å². The molecule has 0 saturated carbocycles. The predicted molar refractivity (Wildman–Crippen MR) is 75.1 cm³/mol. The van der Waals surface area contributed by atoms with Crippen LogP contribution >= 0.6 is 0 Å². The van der Waals surface area contributed by atoms with Crippen LogP contribution in [0.25, 0.3) is 0 Å². The van der Waals surface area contributed by atoms with E-state index in [9.17, 15) is 19.1 Å². The predicted octanol–water partition coefficient (Wildman–Crippen LogP) is 2.91. The number of hydrogen-bond donors (Lipinski definition) is 2. The molecule has 4 nitrogen and oxygen atoms in total. The molecule has 1 aliphatic rings. The monoisotopic (exact) mass is 285 g/mol. The zero-order valence-electron chi connectivity index (χ0n) is 11.0. The SMILES string of the molecule is O=C(Nc1ccc(O)c2c1C(=O)CC2)c1ccc(F)cc1. The molecule has 5 heteroatoms. The van der Waals surface area contributed by atoms with Crippen molar-refractivity contribution < 1.29 is 19.1 Å². The summed E-state index contributed by atoms with van der Waals surface area (Å²) in [5.41, 5.74) is 1.60. The molecule has 0 bridgehead atoms. The normalized spacial score (nSPS) is 13.1. The number of phenolic OH excluding ortho intramolecular Hbond substituents is 1. The molecule has 0 fully saturated rings. The Bertz CT molecular complexity index is 738. The van der Waals surface area contributed by atoms with Crippen LogP contribution in [0.2, 0.25) is 0 Å². The maximum Gasteiger partial charge on any atom is 0.255 e. The molecule has 2 N–H and O–H groups in total. The van der Waals surface area contributed by atoms with Gasteiger partial charge >= 0.3 is 0 Å². The fourth-order valence-corrected chi connectivity index (χ4v) is 2.47. The maximum absolute atomic E-state index is 12.8. The number of benzene rings is 2. The first kappa shape index (κ1) is 13.3. The minimum atomic E-state index is -0.428. The third-order valence-corrected chi connectivity index (χ3v) is 3.52. The summed E-state index contributed by atoms with van der Waals surface area (Å²) in [6.45, 7) is 0. The summed E-state index contributed by atoms with van der Waals surface area (Å²) >= 11 is 0. The average molecular weight is 285 g/mol. The van der Waals surface area contributed by atoms with Crippen LogP contribution in [0.4, 0.5) is 10.1 Å². The lowest BCUT2D eigenvalue weighted by atomic mass is 10.1. The number of carbonyl (C=O) groups is 2. The number of rotatable bonds is 2. The second-order valence-corrected chi connectivity index (χ2v) is 4.87. The van der Waals surface area contributed by atoms with Gasteiger partial charge in [0.1, 0.15) is 11.6 Å². The highest BCUT2D eigenvalue weighted by Gasteiger charge is 2.26. The molecular formula is C16H12FNO3. The fourth-order valence-electron chi connectivity index (χ4n) is 2.47. The van der Waals surface area contributed by atoms with Gasteiger partial charge in [0.15, 0.2) is 5.78 Å². The van der Waals surface area contributed by atoms with Crippen molar-refractivity contribution in [1.29, 1.82) is 0 Å². The van der Waals surface area contributed by atoms with Gasteiger partial charge in [-0.05, 0) is 42.8 Å². The summed E-state index contributed by atoms with van der Waals surface area (Å²) in [6, 6.07) is 8.08. The van der Waals surface area contributed by atoms with E-state index < -0.39 is 11.7 Å². The summed E-state index contributed by atoms with van der Waals surface area (Å²) in [7, 11) is 0. The number of carbonyl (C=O) groups excluding carboxylic acids is 2. The maximum atomic E-state index is 12.8. The third-order valence-electron chi connectivity index (χ3n) is 3.52. The lowest BCUT2D eigenvalue weighted by molar-refractivity contribution is 0.0995. The Morgan fingerprint density at radius 2 is 1.81 bits per heavy atom. The van der Waals surface area contributed by atoms with E-state index in [-0.39, 0.29) is 11.5 Å². The van der Waals surface area contributed by atoms with Crippen LogP contribution < -0.4 is 5.32 Å². The quantitative estimate of drug-likeness (QED) is 0.834. The van der Waals surface area contributed by atoms with Gasteiger partial charge in [-0.3, -0.25) is 9.59 Å². The van der Waals surface area contributed by atoms with Crippen molar-refractivity contribution in [1.82, 2.24) is 0 Å². The molecule has 3 rings (SSSR count). The Hall–Kier alpha value is -2.69. The van der Waals surface area contributed by atoms with Crippen LogP contribution in [-0.4, -0.2) is 16.8 Å². The van der Waals surface area contributed by atoms with Gasteiger partial charge in [0.2, 0.25) is 0 Å². The highest BCUT2D eigenvalue weighted by atomic mass is 19.1. The number of nitrogens with one attached hydrogen (secondary N) is 1. The van der Waals surface area contributed by atoms with E-state index in [1.807, 2.05) is 0 Å². The first-order valence-corrected chi connectivity index (χ1v) is 6.51. The molecule has 21 heavy (non-hydrogen) atoms. The number of ketones is 1. The van der Waals surface area contributed by atoms with Crippen LogP contribution in [0.1, 0.15) is 32.7 Å². The first-order valence-electron chi connectivity index (χ1n) is 6.51. The number of phenols is 1. The van der Waals surface area contributed by atoms with Crippen molar-refractivity contribution in [3.05, 3.63) is 58.9 Å². The van der Waals surface area contributed by atoms with E-state index in [0.717, 1.165) is 0 Å². The molecular weight excluding hydrogens is 273 g/mol. The van der Waals surface area contributed by atoms with Crippen molar-refractivity contribution in [2.45, 2.75) is 12.8 Å². The molecule has 0 aromatic heterocycles. The van der Waals surface area contributed by atoms with Gasteiger partial charge in [0.25, 0.3) is 5.91 Å². The van der Waals surface area contributed by atoms with E-state index in [1.54, 1.807) is 0 Å². The number of anilines is 1. The van der Waals surface area contributed by atoms with Gasteiger partial charge in [0.05, 0.1) is 5.69 Å². The van der Waals surface area contributed by atoms with Gasteiger partial charge in [-0.25, -0.2) is 4.39 Å². The number of Topliss-reactive ketones (excluding diaryl/α,β-unsaturated/α-hetero) is 1. The van der Waals surface area contributed by atoms with E-state index in [0.29, 0.717) is 35.2 Å². The van der Waals surface area contributed by atoms with Crippen molar-refractivity contribution in [3.63, 3.8) is 0 Å². The number of hydrogen-bond acceptors (Lipinski definition) is 3. The zero-order valence-corrected chi connectivity index (χ0v) is 11.0. The van der Waals surface area contributed by atoms with Gasteiger partial charge in [-0.15, -0.1) is 0 Å². The lowest BCUT2D eigenvalue weighted by Gasteiger charge is -2.10. The summed E-state index contributed by atoms with van der Waals surface area (Å²) < 4.78 is 12.8. The number of amides is 1. The van der Waals surface area contributed by atoms with Crippen LogP contribution in [0.15, 0.2) is 36.4 Å². The minimum absolute atomic E-state index is 0.0654. The van der Waals surface area contributed by atoms with Crippen LogP contribution in [0.3, 0.4) is 0 Å². The average Bonchev–Trinajstić information content (AvgIpc) is 2.86. The molecule has 2 aromatic rings. The molecule has 0 unspecified atom stereocenters. The fraction of sp³-hybridized carbons (Fsp3) is 0.125. The van der Waals surface area contributed by atoms with Crippen molar-refractivity contribution in [2.24, 2.45) is 0 Å². The Morgan fingerprint density at radius 3 is 2.52 bits per heavy atom. The molecule has 0 atom stereocenters. The third kappa shape index (κ3) is 2.38. The van der Waals surface area contributed by atoms with Gasteiger partial charge in [0, 0.05) is 23.1 Å². The lowest BCUT2D eigenvalue weighted by Crippen LogP contribution is -2.14. The molecule has 0 spiro atoms. The first-order chi connectivity index (χ1) is 10.1. The standard InChI is InChI=1S/C16H12FNO3/c17-10-3-1-9(2-4-10)16(21)18-12-6-8-13(19)11-5-7-14(20)15(11)12/h1-4,6,8,19H,5,7H2,(H,18,21). The molecule has 2 aromatic carbocycles. The summed E-state index contributed by atoms with van der Waals surface area (Å²) in [6.07, 6.45) is 0.798. The van der Waals surface area contributed by atoms with E-state index in [1.165, 1.54) is 36.4 Å². The Kier molecular flexibility index (Phi) is 3.17. The number of fused-ring (bicyclic) bond motifs is 1. The number of aromatic hydroxyl groups is 1. The molecule has 106 valence electrons. The molecule has 0 heterocycles. The van der Waals surface area contributed by atoms with E-state index >= 15 is 0 Å². The summed E-state index contributed by atoms with van der Waals surface area (Å²) in [5, 5.41) is 12.4. The summed E-state index contributed by atoms with van der Waals surface area (Å²) in [4.78, 5) is 24.0. The second-order valence-electron chi connectivity index (χ2n) is 4.87. The second kappa shape index (κ2) is 5.01. The smallest absolute Gasteiger partial charge is 0.255 e. The van der Waals surface area contributed by atoms with Gasteiger partial charge in [-0.1, -0.05) is 0 Å². The largest absolute Gasteiger partial charge is 0.508 e. The highest BCUT2D eigenvalue weighted by molar-refractivity contribution is 6.11. The van der Waals surface area contributed by atoms with Crippen LogP contribution in [-0.2, 0) is 6.42 Å². The molecule has 0 saturated heterocycles. The summed E-state index contributed by atoms with van der Waals surface area (Å²) in [5.74, 6) is -0.888. The number of halogens is 1. The molecule has 0 radical (unpaired) electrons. The van der Waals surface area contributed by atoms with E-state index in [2.05, 4.69) is 5.32 Å². The van der Waals surface area contributed by atoms with Crippen LogP contribution in [0.5, 0.6) is 5.75 Å². The van der Waals surface area contributed by atoms with Gasteiger partial charge < -0.3 is 10.4 Å². The topological polar surface area (TPSA) is 66.4 Å². The Labute approximate surface area is 120 Å². The van der Waals surface area contributed by atoms with Crippen LogP contribution in [0, 0.1) is 5.82 Å². The Morgan fingerprint density at radius 1 is 1.10 bits per heavy atom. The molecule has 1 amide bonds. The highest BCUT2D eigenvalue weighted by Crippen LogP contribution is 2.35. The molecule has 1 aliphatic carbocycles. The van der Waals surface area contributed by atoms with Gasteiger partial charge in [-0.2, -0.15) is 0 Å². The Balaban J connectivity index is 1.92. The zero-order chi connectivity index (χ0) is 15.0. The molecule has 0 aliphatic heterocycles. The van der Waals surface area contributed by atoms with Crippen molar-refractivity contribution in [3.8, 4) is 5.75 Å². The van der Waals surface area contributed by atoms with Crippen molar-refractivity contribution >= 4 is 17.4 Å².